The lowest BCUT2D eigenvalue weighted by atomic mass is 10.3. The summed E-state index contributed by atoms with van der Waals surface area (Å²) in [7, 11) is 0. The van der Waals surface area contributed by atoms with Crippen molar-refractivity contribution in [1.82, 2.24) is 9.55 Å². The van der Waals surface area contributed by atoms with Crippen molar-refractivity contribution in [3.63, 3.8) is 0 Å². The number of hydrogen-bond donors (Lipinski definition) is 2. The first-order valence-electron chi connectivity index (χ1n) is 5.63. The molecule has 0 aliphatic heterocycles. The molecule has 106 valence electrons. The number of anilines is 2. The number of nitrogens with one attached hydrogen (secondary N) is 1. The van der Waals surface area contributed by atoms with Gasteiger partial charge in [-0.2, -0.15) is 0 Å². The number of rotatable bonds is 4. The lowest BCUT2D eigenvalue weighted by molar-refractivity contribution is 0.102. The first kappa shape index (κ1) is 14.3. The average Bonchev–Trinajstić information content (AvgIpc) is 2.73. The van der Waals surface area contributed by atoms with Crippen LogP contribution in [-0.4, -0.2) is 21.9 Å². The molecule has 0 saturated carbocycles. The van der Waals surface area contributed by atoms with Gasteiger partial charge in [-0.15, -0.1) is 0 Å². The molecule has 8 heteroatoms. The van der Waals surface area contributed by atoms with E-state index in [-0.39, 0.29) is 11.5 Å². The molecule has 0 atom stereocenters. The van der Waals surface area contributed by atoms with E-state index in [9.17, 15) is 13.6 Å². The van der Waals surface area contributed by atoms with Gasteiger partial charge >= 0.3 is 0 Å². The highest BCUT2D eigenvalue weighted by molar-refractivity contribution is 6.30. The second kappa shape index (κ2) is 5.87. The molecule has 5 nitrogen and oxygen atoms in total. The van der Waals surface area contributed by atoms with Crippen LogP contribution < -0.4 is 11.1 Å². The number of halogens is 3. The van der Waals surface area contributed by atoms with Gasteiger partial charge in [0.25, 0.3) is 12.3 Å². The summed E-state index contributed by atoms with van der Waals surface area (Å²) in [6.07, 6.45) is -1.46. The number of carbonyl (C=O) groups excluding carboxylic acids is 1. The Morgan fingerprint density at radius 2 is 2.05 bits per heavy atom. The number of nitrogen functional groups attached to an aromatic ring is 1. The lowest BCUT2D eigenvalue weighted by Crippen LogP contribution is -2.16. The molecule has 1 aromatic heterocycles. The third-order valence-electron chi connectivity index (χ3n) is 2.53. The van der Waals surface area contributed by atoms with Gasteiger partial charge in [0.05, 0.1) is 12.9 Å². The minimum Gasteiger partial charge on any atom is -0.383 e. The van der Waals surface area contributed by atoms with Crippen LogP contribution in [0.3, 0.4) is 0 Å². The fourth-order valence-corrected chi connectivity index (χ4v) is 1.71. The van der Waals surface area contributed by atoms with Gasteiger partial charge in [0, 0.05) is 10.7 Å². The molecular formula is C12H11ClF2N4O. The maximum absolute atomic E-state index is 12.3. The summed E-state index contributed by atoms with van der Waals surface area (Å²) in [5.74, 6) is -0.672. The second-order valence-electron chi connectivity index (χ2n) is 3.98. The molecule has 0 unspecified atom stereocenters. The minimum atomic E-state index is -2.57. The second-order valence-corrected chi connectivity index (χ2v) is 4.42. The van der Waals surface area contributed by atoms with E-state index in [2.05, 4.69) is 10.3 Å². The molecule has 2 rings (SSSR count). The van der Waals surface area contributed by atoms with E-state index < -0.39 is 18.9 Å². The van der Waals surface area contributed by atoms with Crippen LogP contribution in [0, 0.1) is 0 Å². The molecule has 1 aromatic carbocycles. The van der Waals surface area contributed by atoms with Crippen LogP contribution in [0.25, 0.3) is 0 Å². The molecule has 0 saturated heterocycles. The lowest BCUT2D eigenvalue weighted by Gasteiger charge is -2.06. The van der Waals surface area contributed by atoms with Crippen LogP contribution in [0.15, 0.2) is 30.6 Å². The minimum absolute atomic E-state index is 0.0967. The number of aromatic nitrogens is 2. The highest BCUT2D eigenvalue weighted by Gasteiger charge is 2.17. The Morgan fingerprint density at radius 1 is 1.40 bits per heavy atom. The molecule has 0 spiro atoms. The largest absolute Gasteiger partial charge is 0.383 e. The van der Waals surface area contributed by atoms with Crippen LogP contribution in [0.2, 0.25) is 5.02 Å². The first-order valence-corrected chi connectivity index (χ1v) is 6.01. The molecule has 20 heavy (non-hydrogen) atoms. The Kier molecular flexibility index (Phi) is 4.19. The maximum atomic E-state index is 12.3. The standard InChI is InChI=1S/C12H11ClF2N4O/c13-7-1-3-8(4-2-7)18-12(20)10-11(16)19(6-17-10)5-9(14)15/h1-4,6,9H,5,16H2,(H,18,20). The Bertz CT molecular complexity index is 612. The Balaban J connectivity index is 2.13. The van der Waals surface area contributed by atoms with Crippen LogP contribution in [0.1, 0.15) is 10.5 Å². The summed E-state index contributed by atoms with van der Waals surface area (Å²) in [5.41, 5.74) is 6.02. The van der Waals surface area contributed by atoms with E-state index in [4.69, 9.17) is 17.3 Å². The van der Waals surface area contributed by atoms with Crippen LogP contribution in [0.4, 0.5) is 20.3 Å². The van der Waals surface area contributed by atoms with Crippen molar-refractivity contribution in [3.05, 3.63) is 41.3 Å². The number of benzene rings is 1. The Morgan fingerprint density at radius 3 is 2.65 bits per heavy atom. The smallest absolute Gasteiger partial charge is 0.278 e. The van der Waals surface area contributed by atoms with Crippen molar-refractivity contribution in [2.24, 2.45) is 0 Å². The average molecular weight is 301 g/mol. The zero-order valence-corrected chi connectivity index (χ0v) is 10.9. The fourth-order valence-electron chi connectivity index (χ4n) is 1.58. The third-order valence-corrected chi connectivity index (χ3v) is 2.78. The predicted octanol–water partition coefficient (Wildman–Crippen LogP) is 2.64. The monoisotopic (exact) mass is 300 g/mol. The van der Waals surface area contributed by atoms with Crippen LogP contribution in [-0.2, 0) is 6.54 Å². The molecule has 0 radical (unpaired) electrons. The number of nitrogens with two attached hydrogens (primary N) is 1. The number of amides is 1. The van der Waals surface area contributed by atoms with E-state index in [1.54, 1.807) is 24.3 Å². The van der Waals surface area contributed by atoms with E-state index >= 15 is 0 Å². The van der Waals surface area contributed by atoms with Gasteiger partial charge in [0.1, 0.15) is 5.82 Å². The fraction of sp³-hybridized carbons (Fsp3) is 0.167. The highest BCUT2D eigenvalue weighted by atomic mass is 35.5. The molecular weight excluding hydrogens is 290 g/mol. The topological polar surface area (TPSA) is 72.9 Å². The first-order chi connectivity index (χ1) is 9.47. The van der Waals surface area contributed by atoms with Crippen molar-refractivity contribution in [1.29, 1.82) is 0 Å². The van der Waals surface area contributed by atoms with Gasteiger partial charge < -0.3 is 15.6 Å². The highest BCUT2D eigenvalue weighted by Crippen LogP contribution is 2.17. The zero-order chi connectivity index (χ0) is 14.7. The molecule has 1 heterocycles. The maximum Gasteiger partial charge on any atom is 0.278 e. The summed E-state index contributed by atoms with van der Waals surface area (Å²) in [5, 5.41) is 3.08. The molecule has 0 bridgehead atoms. The van der Waals surface area contributed by atoms with Crippen LogP contribution in [0.5, 0.6) is 0 Å². The molecule has 2 aromatic rings. The summed E-state index contributed by atoms with van der Waals surface area (Å²) < 4.78 is 25.6. The van der Waals surface area contributed by atoms with Gasteiger partial charge in [-0.05, 0) is 24.3 Å². The molecule has 0 aliphatic carbocycles. The van der Waals surface area contributed by atoms with Crippen molar-refractivity contribution >= 4 is 29.0 Å². The van der Waals surface area contributed by atoms with E-state index in [1.165, 1.54) is 0 Å². The summed E-state index contributed by atoms with van der Waals surface area (Å²) in [4.78, 5) is 15.7. The third kappa shape index (κ3) is 3.24. The molecule has 0 aliphatic rings. The quantitative estimate of drug-likeness (QED) is 0.911. The summed E-state index contributed by atoms with van der Waals surface area (Å²) in [6, 6.07) is 6.42. The molecule has 0 fully saturated rings. The van der Waals surface area contributed by atoms with E-state index in [1.807, 2.05) is 0 Å². The number of hydrogen-bond acceptors (Lipinski definition) is 3. The van der Waals surface area contributed by atoms with Crippen molar-refractivity contribution < 1.29 is 13.6 Å². The number of imidazole rings is 1. The SMILES string of the molecule is Nc1c(C(=O)Nc2ccc(Cl)cc2)ncn1CC(F)F. The van der Waals surface area contributed by atoms with Crippen molar-refractivity contribution in [3.8, 4) is 0 Å². The molecule has 3 N–H and O–H groups in total. The number of carbonyl (C=O) groups is 1. The van der Waals surface area contributed by atoms with Gasteiger partial charge in [-0.3, -0.25) is 4.79 Å². The van der Waals surface area contributed by atoms with E-state index in [0.29, 0.717) is 10.7 Å². The number of nitrogens with zero attached hydrogens (tertiary/aromatic N) is 2. The van der Waals surface area contributed by atoms with Crippen molar-refractivity contribution in [2.75, 3.05) is 11.1 Å². The van der Waals surface area contributed by atoms with Crippen molar-refractivity contribution in [2.45, 2.75) is 13.0 Å². The zero-order valence-electron chi connectivity index (χ0n) is 10.2. The van der Waals surface area contributed by atoms with Gasteiger partial charge in [-0.25, -0.2) is 13.8 Å². The van der Waals surface area contributed by atoms with Gasteiger partial charge in [0.15, 0.2) is 5.69 Å². The molecule has 1 amide bonds. The van der Waals surface area contributed by atoms with Crippen LogP contribution >= 0.6 is 11.6 Å². The Labute approximate surface area is 118 Å². The van der Waals surface area contributed by atoms with E-state index in [0.717, 1.165) is 10.9 Å². The number of alkyl halides is 2. The summed E-state index contributed by atoms with van der Waals surface area (Å²) >= 11 is 5.72. The predicted molar refractivity (Wildman–Crippen MR) is 72.0 cm³/mol. The normalized spacial score (nSPS) is 10.8. The van der Waals surface area contributed by atoms with Gasteiger partial charge in [0.2, 0.25) is 0 Å². The van der Waals surface area contributed by atoms with Gasteiger partial charge in [-0.1, -0.05) is 11.6 Å². The summed E-state index contributed by atoms with van der Waals surface area (Å²) in [6.45, 7) is -0.604. The Hall–Kier alpha value is -2.15.